The Labute approximate surface area is 185 Å². The highest BCUT2D eigenvalue weighted by Gasteiger charge is 2.42. The Morgan fingerprint density at radius 1 is 1.10 bits per heavy atom. The van der Waals surface area contributed by atoms with Crippen molar-refractivity contribution in [3.8, 4) is 0 Å². The molecule has 0 saturated carbocycles. The molecule has 0 aromatic rings. The van der Waals surface area contributed by atoms with E-state index in [0.717, 1.165) is 44.9 Å². The first kappa shape index (κ1) is 25.0. The molecule has 2 aliphatic rings. The summed E-state index contributed by atoms with van der Waals surface area (Å²) >= 11 is 0. The van der Waals surface area contributed by atoms with Crippen LogP contribution in [0.4, 0.5) is 0 Å². The molecular weight excluding hydrogens is 396 g/mol. The van der Waals surface area contributed by atoms with Gasteiger partial charge in [-0.3, -0.25) is 19.2 Å². The predicted octanol–water partition coefficient (Wildman–Crippen LogP) is 1.43. The van der Waals surface area contributed by atoms with Crippen LogP contribution in [-0.2, 0) is 19.2 Å². The molecule has 2 saturated heterocycles. The van der Waals surface area contributed by atoms with Gasteiger partial charge in [0.25, 0.3) is 5.91 Å². The molecule has 3 amide bonds. The van der Waals surface area contributed by atoms with Crippen LogP contribution in [0.25, 0.3) is 0 Å². The minimum atomic E-state index is -0.899. The number of carbonyl (C=O) groups is 4. The van der Waals surface area contributed by atoms with Crippen LogP contribution in [0.3, 0.4) is 0 Å². The Kier molecular flexibility index (Phi) is 10.2. The van der Waals surface area contributed by atoms with Gasteiger partial charge in [0.15, 0.2) is 0 Å². The van der Waals surface area contributed by atoms with E-state index in [-0.39, 0.29) is 24.3 Å². The van der Waals surface area contributed by atoms with E-state index >= 15 is 0 Å². The van der Waals surface area contributed by atoms with Crippen LogP contribution < -0.4 is 16.4 Å². The van der Waals surface area contributed by atoms with Crippen LogP contribution in [0.2, 0.25) is 0 Å². The summed E-state index contributed by atoms with van der Waals surface area (Å²) in [7, 11) is 0. The maximum atomic E-state index is 13.2. The maximum Gasteiger partial charge on any atom is 0.289 e. The number of nitrogens with two attached hydrogens (primary N) is 1. The summed E-state index contributed by atoms with van der Waals surface area (Å²) in [6, 6.07) is -2.18. The zero-order valence-corrected chi connectivity index (χ0v) is 18.7. The van der Waals surface area contributed by atoms with Crippen LogP contribution in [0.5, 0.6) is 0 Å². The highest BCUT2D eigenvalue weighted by atomic mass is 16.2. The third-order valence-corrected chi connectivity index (χ3v) is 6.34. The Morgan fingerprint density at radius 3 is 2.35 bits per heavy atom. The Hall–Kier alpha value is -2.22. The fourth-order valence-electron chi connectivity index (χ4n) is 4.46. The van der Waals surface area contributed by atoms with E-state index in [1.807, 2.05) is 6.92 Å². The first-order valence-electron chi connectivity index (χ1n) is 11.7. The Bertz CT molecular complexity index is 666. The predicted molar refractivity (Wildman–Crippen MR) is 119 cm³/mol. The number of fused-ring (bicyclic) bond motifs is 1. The summed E-state index contributed by atoms with van der Waals surface area (Å²) in [4.78, 5) is 52.6. The molecule has 8 nitrogen and oxygen atoms in total. The normalized spacial score (nSPS) is 29.0. The number of Topliss-reactive ketones (excluding diaryl/α,β-unsaturated/α-hetero) is 1. The van der Waals surface area contributed by atoms with E-state index in [4.69, 9.17) is 5.73 Å². The fraction of sp³-hybridized carbons (Fsp3) is 0.739. The van der Waals surface area contributed by atoms with Crippen molar-refractivity contribution < 1.29 is 19.2 Å². The number of hydrogen-bond acceptors (Lipinski definition) is 5. The zero-order valence-electron chi connectivity index (χ0n) is 18.7. The summed E-state index contributed by atoms with van der Waals surface area (Å²) in [6.07, 6.45) is 10.1. The number of ketones is 1. The molecule has 0 radical (unpaired) electrons. The van der Waals surface area contributed by atoms with E-state index in [0.29, 0.717) is 25.8 Å². The molecule has 174 valence electrons. The lowest BCUT2D eigenvalue weighted by Crippen LogP contribution is -2.56. The van der Waals surface area contributed by atoms with Gasteiger partial charge in [-0.2, -0.15) is 0 Å². The molecule has 2 heterocycles. The number of nitrogens with one attached hydrogen (secondary N) is 2. The van der Waals surface area contributed by atoms with E-state index in [9.17, 15) is 19.2 Å². The monoisotopic (exact) mass is 434 g/mol. The number of amides is 3. The second-order valence-electron chi connectivity index (χ2n) is 8.83. The molecule has 8 heteroatoms. The summed E-state index contributed by atoms with van der Waals surface area (Å²) in [6.45, 7) is 6.12. The van der Waals surface area contributed by atoms with Crippen molar-refractivity contribution in [2.45, 2.75) is 89.3 Å². The quantitative estimate of drug-likeness (QED) is 0.456. The molecule has 2 rings (SSSR count). The molecule has 2 fully saturated rings. The fourth-order valence-corrected chi connectivity index (χ4v) is 4.46. The summed E-state index contributed by atoms with van der Waals surface area (Å²) in [5, 5.41) is 5.28. The maximum absolute atomic E-state index is 13.2. The average molecular weight is 435 g/mol. The largest absolute Gasteiger partial charge is 0.346 e. The van der Waals surface area contributed by atoms with Crippen molar-refractivity contribution in [3.05, 3.63) is 12.7 Å². The van der Waals surface area contributed by atoms with Crippen LogP contribution >= 0.6 is 0 Å². The van der Waals surface area contributed by atoms with Crippen LogP contribution in [0.1, 0.15) is 71.1 Å². The van der Waals surface area contributed by atoms with Crippen molar-refractivity contribution in [2.24, 2.45) is 11.7 Å². The van der Waals surface area contributed by atoms with Crippen LogP contribution in [0.15, 0.2) is 12.7 Å². The summed E-state index contributed by atoms with van der Waals surface area (Å²) in [5.41, 5.74) is 6.15. The van der Waals surface area contributed by atoms with E-state index in [1.54, 1.807) is 4.90 Å². The summed E-state index contributed by atoms with van der Waals surface area (Å²) < 4.78 is 0. The van der Waals surface area contributed by atoms with Gasteiger partial charge in [0.05, 0.1) is 12.1 Å². The number of nitrogens with zero attached hydrogens (tertiary/aromatic N) is 1. The van der Waals surface area contributed by atoms with Gasteiger partial charge in [0.2, 0.25) is 17.6 Å². The second-order valence-corrected chi connectivity index (χ2v) is 8.83. The first-order valence-corrected chi connectivity index (χ1v) is 11.7. The first-order chi connectivity index (χ1) is 14.9. The summed E-state index contributed by atoms with van der Waals surface area (Å²) in [5.74, 6) is -2.01. The molecule has 4 atom stereocenters. The SMILES string of the molecule is C=CCNC(=O)C(=O)[C@@H]1CCCCCCCCC[C@H](N)C(=O)N2CC[C@H](C)[C@H]2C(=O)N1. The van der Waals surface area contributed by atoms with Gasteiger partial charge in [-0.15, -0.1) is 6.58 Å². The van der Waals surface area contributed by atoms with Crippen LogP contribution in [0, 0.1) is 5.92 Å². The molecule has 0 aliphatic carbocycles. The van der Waals surface area contributed by atoms with Crippen LogP contribution in [-0.4, -0.2) is 59.6 Å². The topological polar surface area (TPSA) is 122 Å². The molecule has 0 spiro atoms. The van der Waals surface area contributed by atoms with Crippen molar-refractivity contribution in [2.75, 3.05) is 13.1 Å². The van der Waals surface area contributed by atoms with E-state index in [2.05, 4.69) is 17.2 Å². The van der Waals surface area contributed by atoms with Crippen molar-refractivity contribution in [1.29, 1.82) is 0 Å². The molecule has 0 unspecified atom stereocenters. The molecule has 0 bridgehead atoms. The molecule has 0 aromatic carbocycles. The third kappa shape index (κ3) is 7.16. The molecule has 4 N–H and O–H groups in total. The van der Waals surface area contributed by atoms with Gasteiger partial charge in [-0.1, -0.05) is 57.9 Å². The average Bonchev–Trinajstić information content (AvgIpc) is 3.14. The minimum absolute atomic E-state index is 0.0413. The molecular formula is C23H38N4O4. The Morgan fingerprint density at radius 2 is 1.71 bits per heavy atom. The molecule has 0 aromatic heterocycles. The lowest BCUT2D eigenvalue weighted by Gasteiger charge is -2.30. The Balaban J connectivity index is 2.19. The number of carbonyl (C=O) groups excluding carboxylic acids is 4. The van der Waals surface area contributed by atoms with Gasteiger partial charge < -0.3 is 21.3 Å². The number of rotatable bonds is 4. The third-order valence-electron chi connectivity index (χ3n) is 6.34. The van der Waals surface area contributed by atoms with Crippen molar-refractivity contribution in [1.82, 2.24) is 15.5 Å². The minimum Gasteiger partial charge on any atom is -0.346 e. The zero-order chi connectivity index (χ0) is 22.8. The van der Waals surface area contributed by atoms with E-state index in [1.165, 1.54) is 6.08 Å². The van der Waals surface area contributed by atoms with Crippen molar-refractivity contribution in [3.63, 3.8) is 0 Å². The van der Waals surface area contributed by atoms with Gasteiger partial charge >= 0.3 is 0 Å². The lowest BCUT2D eigenvalue weighted by molar-refractivity contribution is -0.143. The van der Waals surface area contributed by atoms with Crippen molar-refractivity contribution >= 4 is 23.5 Å². The molecule has 31 heavy (non-hydrogen) atoms. The smallest absolute Gasteiger partial charge is 0.289 e. The van der Waals surface area contributed by atoms with Gasteiger partial charge in [-0.05, 0) is 25.2 Å². The van der Waals surface area contributed by atoms with Gasteiger partial charge in [-0.25, -0.2) is 0 Å². The van der Waals surface area contributed by atoms with Gasteiger partial charge in [0.1, 0.15) is 6.04 Å². The van der Waals surface area contributed by atoms with Gasteiger partial charge in [0, 0.05) is 13.1 Å². The standard InChI is InChI=1S/C23H38N4O4/c1-3-14-25-22(30)20(28)18-12-10-8-6-4-5-7-9-11-17(24)23(31)27-15-13-16(2)19(27)21(29)26-18/h3,16-19H,1,4-15,24H2,2H3,(H,25,30)(H,26,29)/t16-,17-,18-,19-/m0/s1. The molecule has 2 aliphatic heterocycles. The highest BCUT2D eigenvalue weighted by Crippen LogP contribution is 2.26. The second kappa shape index (κ2) is 12.6. The van der Waals surface area contributed by atoms with E-state index < -0.39 is 29.8 Å². The highest BCUT2D eigenvalue weighted by molar-refractivity contribution is 6.38. The lowest BCUT2D eigenvalue weighted by atomic mass is 9.98. The number of hydrogen-bond donors (Lipinski definition) is 3.